The van der Waals surface area contributed by atoms with Crippen molar-refractivity contribution in [3.05, 3.63) is 23.8 Å². The molecule has 0 aromatic heterocycles. The third-order valence-corrected chi connectivity index (χ3v) is 4.54. The Morgan fingerprint density at radius 3 is 2.35 bits per heavy atom. The van der Waals surface area contributed by atoms with E-state index in [4.69, 9.17) is 9.47 Å². The van der Waals surface area contributed by atoms with Gasteiger partial charge in [0.25, 0.3) is 0 Å². The Hall–Kier alpha value is -0.700. The molecule has 0 radical (unpaired) electrons. The lowest BCUT2D eigenvalue weighted by molar-refractivity contribution is 0.397. The highest BCUT2D eigenvalue weighted by Crippen LogP contribution is 2.37. The van der Waals surface area contributed by atoms with E-state index < -0.39 is 0 Å². The van der Waals surface area contributed by atoms with Gasteiger partial charge in [0, 0.05) is 10.4 Å². The van der Waals surface area contributed by atoms with Crippen LogP contribution in [-0.2, 0) is 0 Å². The second-order valence-corrected chi connectivity index (χ2v) is 6.24. The minimum atomic E-state index is 0.332. The highest BCUT2D eigenvalue weighted by Gasteiger charge is 2.14. The van der Waals surface area contributed by atoms with Crippen molar-refractivity contribution in [3.63, 3.8) is 0 Å². The number of alkyl halides is 1. The van der Waals surface area contributed by atoms with Crippen LogP contribution in [0.25, 0.3) is 0 Å². The number of rotatable bonds is 10. The van der Waals surface area contributed by atoms with Gasteiger partial charge in [-0.2, -0.15) is 0 Å². The zero-order valence-corrected chi connectivity index (χ0v) is 14.5. The highest BCUT2D eigenvalue weighted by atomic mass is 79.9. The average Bonchev–Trinajstić information content (AvgIpc) is 2.49. The molecule has 3 heteroatoms. The first kappa shape index (κ1) is 17.4. The Morgan fingerprint density at radius 2 is 1.70 bits per heavy atom. The fraction of sp³-hybridized carbons (Fsp3) is 0.647. The largest absolute Gasteiger partial charge is 0.497 e. The standard InChI is InChI=1S/C17H27BrO2/c1-4-5-6-7-8-9-10-16(18)15-13-14(19-2)11-12-17(15)20-3/h11-13,16H,4-10H2,1-3H3. The van der Waals surface area contributed by atoms with Gasteiger partial charge in [-0.05, 0) is 24.6 Å². The van der Waals surface area contributed by atoms with Crippen LogP contribution in [-0.4, -0.2) is 14.2 Å². The van der Waals surface area contributed by atoms with Crippen LogP contribution in [0.2, 0.25) is 0 Å². The predicted molar refractivity (Wildman–Crippen MR) is 89.2 cm³/mol. The van der Waals surface area contributed by atoms with Crippen molar-refractivity contribution in [2.24, 2.45) is 0 Å². The molecule has 0 fully saturated rings. The van der Waals surface area contributed by atoms with E-state index in [9.17, 15) is 0 Å². The van der Waals surface area contributed by atoms with Crippen LogP contribution in [0.3, 0.4) is 0 Å². The molecule has 114 valence electrons. The Kier molecular flexibility index (Phi) is 8.75. The maximum absolute atomic E-state index is 5.44. The first-order valence-corrected chi connectivity index (χ1v) is 8.50. The van der Waals surface area contributed by atoms with Gasteiger partial charge in [0.1, 0.15) is 11.5 Å². The van der Waals surface area contributed by atoms with Crippen molar-refractivity contribution in [3.8, 4) is 11.5 Å². The molecule has 2 nitrogen and oxygen atoms in total. The molecule has 0 aliphatic rings. The number of halogens is 1. The van der Waals surface area contributed by atoms with E-state index in [1.54, 1.807) is 14.2 Å². The van der Waals surface area contributed by atoms with E-state index in [1.165, 1.54) is 44.1 Å². The molecule has 0 saturated carbocycles. The van der Waals surface area contributed by atoms with Gasteiger partial charge in [-0.1, -0.05) is 61.4 Å². The molecule has 1 atom stereocenters. The topological polar surface area (TPSA) is 18.5 Å². The molecule has 1 aromatic rings. The summed E-state index contributed by atoms with van der Waals surface area (Å²) in [7, 11) is 3.42. The van der Waals surface area contributed by atoms with Gasteiger partial charge in [0.2, 0.25) is 0 Å². The molecule has 0 spiro atoms. The summed E-state index contributed by atoms with van der Waals surface area (Å²) in [5.41, 5.74) is 1.18. The van der Waals surface area contributed by atoms with Crippen LogP contribution in [0.5, 0.6) is 11.5 Å². The van der Waals surface area contributed by atoms with Gasteiger partial charge >= 0.3 is 0 Å². The van der Waals surface area contributed by atoms with E-state index in [0.717, 1.165) is 17.9 Å². The van der Waals surface area contributed by atoms with Gasteiger partial charge < -0.3 is 9.47 Å². The Balaban J connectivity index is 2.47. The summed E-state index contributed by atoms with van der Waals surface area (Å²) < 4.78 is 10.7. The Bertz CT molecular complexity index is 379. The van der Waals surface area contributed by atoms with Crippen molar-refractivity contribution in [1.29, 1.82) is 0 Å². The minimum absolute atomic E-state index is 0.332. The van der Waals surface area contributed by atoms with Gasteiger partial charge in [-0.25, -0.2) is 0 Å². The third kappa shape index (κ3) is 5.74. The maximum Gasteiger partial charge on any atom is 0.123 e. The lowest BCUT2D eigenvalue weighted by atomic mass is 10.0. The van der Waals surface area contributed by atoms with Crippen LogP contribution < -0.4 is 9.47 Å². The highest BCUT2D eigenvalue weighted by molar-refractivity contribution is 9.09. The number of benzene rings is 1. The molecule has 0 amide bonds. The molecular formula is C17H27BrO2. The molecule has 0 bridgehead atoms. The molecule has 0 heterocycles. The summed E-state index contributed by atoms with van der Waals surface area (Å²) in [5.74, 6) is 1.81. The van der Waals surface area contributed by atoms with Crippen molar-refractivity contribution in [2.75, 3.05) is 14.2 Å². The van der Waals surface area contributed by atoms with E-state index in [1.807, 2.05) is 12.1 Å². The van der Waals surface area contributed by atoms with Crippen LogP contribution in [0, 0.1) is 0 Å². The monoisotopic (exact) mass is 342 g/mol. The number of methoxy groups -OCH3 is 2. The smallest absolute Gasteiger partial charge is 0.123 e. The van der Waals surface area contributed by atoms with Gasteiger partial charge in [-0.3, -0.25) is 0 Å². The SMILES string of the molecule is CCCCCCCCC(Br)c1cc(OC)ccc1OC. The molecule has 0 N–H and O–H groups in total. The summed E-state index contributed by atoms with van der Waals surface area (Å²) in [4.78, 5) is 0.332. The van der Waals surface area contributed by atoms with Crippen LogP contribution in [0.4, 0.5) is 0 Å². The molecule has 1 aromatic carbocycles. The average molecular weight is 343 g/mol. The van der Waals surface area contributed by atoms with E-state index >= 15 is 0 Å². The number of hydrogen-bond acceptors (Lipinski definition) is 2. The molecule has 0 aliphatic heterocycles. The second kappa shape index (κ2) is 10.1. The predicted octanol–water partition coefficient (Wildman–Crippen LogP) is 5.89. The van der Waals surface area contributed by atoms with Crippen molar-refractivity contribution < 1.29 is 9.47 Å². The summed E-state index contributed by atoms with van der Waals surface area (Å²) in [6, 6.07) is 5.98. The van der Waals surface area contributed by atoms with Crippen LogP contribution in [0.15, 0.2) is 18.2 Å². The van der Waals surface area contributed by atoms with Crippen LogP contribution in [0.1, 0.15) is 62.3 Å². The lowest BCUT2D eigenvalue weighted by Gasteiger charge is -2.15. The summed E-state index contributed by atoms with van der Waals surface area (Å²) >= 11 is 3.79. The fourth-order valence-electron chi connectivity index (χ4n) is 2.34. The number of unbranched alkanes of at least 4 members (excludes halogenated alkanes) is 5. The normalized spacial score (nSPS) is 12.2. The Labute approximate surface area is 132 Å². The van der Waals surface area contributed by atoms with Crippen molar-refractivity contribution in [2.45, 2.75) is 56.7 Å². The molecule has 1 unspecified atom stereocenters. The maximum atomic E-state index is 5.44. The number of ether oxygens (including phenoxy) is 2. The summed E-state index contributed by atoms with van der Waals surface area (Å²) in [6.45, 7) is 2.25. The molecule has 20 heavy (non-hydrogen) atoms. The second-order valence-electron chi connectivity index (χ2n) is 5.13. The van der Waals surface area contributed by atoms with Gasteiger partial charge in [-0.15, -0.1) is 0 Å². The van der Waals surface area contributed by atoms with Crippen molar-refractivity contribution in [1.82, 2.24) is 0 Å². The molecule has 0 aliphatic carbocycles. The zero-order chi connectivity index (χ0) is 14.8. The molecule has 1 rings (SSSR count). The van der Waals surface area contributed by atoms with Crippen molar-refractivity contribution >= 4 is 15.9 Å². The summed E-state index contributed by atoms with van der Waals surface area (Å²) in [5, 5.41) is 0. The van der Waals surface area contributed by atoms with Crippen LogP contribution >= 0.6 is 15.9 Å². The Morgan fingerprint density at radius 1 is 1.00 bits per heavy atom. The van der Waals surface area contributed by atoms with E-state index in [0.29, 0.717) is 4.83 Å². The first-order valence-electron chi connectivity index (χ1n) is 7.59. The molecular weight excluding hydrogens is 316 g/mol. The lowest BCUT2D eigenvalue weighted by Crippen LogP contribution is -1.97. The van der Waals surface area contributed by atoms with Gasteiger partial charge in [0.05, 0.1) is 14.2 Å². The third-order valence-electron chi connectivity index (χ3n) is 3.59. The zero-order valence-electron chi connectivity index (χ0n) is 13.0. The first-order chi connectivity index (χ1) is 9.72. The van der Waals surface area contributed by atoms with Gasteiger partial charge in [0.15, 0.2) is 0 Å². The quantitative estimate of drug-likeness (QED) is 0.389. The van der Waals surface area contributed by atoms with E-state index in [-0.39, 0.29) is 0 Å². The van der Waals surface area contributed by atoms with E-state index in [2.05, 4.69) is 28.9 Å². The summed E-state index contributed by atoms with van der Waals surface area (Å²) in [6.07, 6.45) is 9.09. The fourth-order valence-corrected chi connectivity index (χ4v) is 3.03. The molecule has 0 saturated heterocycles. The minimum Gasteiger partial charge on any atom is -0.497 e. The number of hydrogen-bond donors (Lipinski definition) is 0.